The average Bonchev–Trinajstić information content (AvgIpc) is 3.55. The van der Waals surface area contributed by atoms with E-state index in [1.165, 1.54) is 78.2 Å². The molecule has 15 heteroatoms. The number of carbonyl (C=O) groups is 3. The summed E-state index contributed by atoms with van der Waals surface area (Å²) in [7, 11) is 1.45. The van der Waals surface area contributed by atoms with Gasteiger partial charge in [0.25, 0.3) is 11.7 Å². The van der Waals surface area contributed by atoms with Crippen molar-refractivity contribution in [3.63, 3.8) is 0 Å². The molecule has 4 heterocycles. The molecule has 2 aromatic carbocycles. The molecule has 1 fully saturated rings. The highest BCUT2D eigenvalue weighted by atomic mass is 16.7. The van der Waals surface area contributed by atoms with Gasteiger partial charge in [0.1, 0.15) is 23.4 Å². The first-order valence-electron chi connectivity index (χ1n) is 23.2. The lowest BCUT2D eigenvalue weighted by molar-refractivity contribution is -0.160. The van der Waals surface area contributed by atoms with E-state index in [2.05, 4.69) is 5.32 Å². The standard InChI is InChI=1S/C50H71N3O12/c1-28-21-20-22-29(2)49(61)52-40-35(27-51-53-24-18-16-14-12-10-11-13-15-17-19-25-53)44(58)37-38(45(40)59)43(57)33(6)47-39(37)48(60)50(8,65-47)63-26-23-36(62-9)30(3)46(64-34(7)54)32(5)42(56)31(4)41(28)55/h20-23,26-28,30-32,36,41-42,46,55-59H,10-19,24-25H2,1-9H3,(H,52,61)/b21-20+,26-23+,29-22-,51-27-/t28-,30+,31+,32+,36-,41-,42+,46+,50-/m0/s1. The molecule has 0 saturated carbocycles. The van der Waals surface area contributed by atoms with Crippen LogP contribution in [0.25, 0.3) is 10.8 Å². The largest absolute Gasteiger partial charge is 0.507 e. The molecule has 9 atom stereocenters. The highest BCUT2D eigenvalue weighted by Crippen LogP contribution is 2.55. The molecule has 15 nitrogen and oxygen atoms in total. The number of hydrogen-bond donors (Lipinski definition) is 6. The Bertz CT molecular complexity index is 2150. The molecule has 2 aromatic rings. The molecule has 65 heavy (non-hydrogen) atoms. The fourth-order valence-corrected chi connectivity index (χ4v) is 9.24. The number of fused-ring (bicyclic) bond motifs is 14. The quantitative estimate of drug-likeness (QED) is 0.0738. The summed E-state index contributed by atoms with van der Waals surface area (Å²) in [5.41, 5.74) is -0.252. The van der Waals surface area contributed by atoms with E-state index in [-0.39, 0.29) is 44.5 Å². The monoisotopic (exact) mass is 906 g/mol. The highest BCUT2D eigenvalue weighted by molar-refractivity contribution is 6.23. The van der Waals surface area contributed by atoms with E-state index in [1.54, 1.807) is 46.8 Å². The number of anilines is 1. The zero-order chi connectivity index (χ0) is 47.7. The third kappa shape index (κ3) is 11.5. The maximum Gasteiger partial charge on any atom is 0.312 e. The van der Waals surface area contributed by atoms with Crippen molar-refractivity contribution in [2.75, 3.05) is 25.5 Å². The summed E-state index contributed by atoms with van der Waals surface area (Å²) in [6.45, 7) is 13.9. The number of esters is 1. The predicted octanol–water partition coefficient (Wildman–Crippen LogP) is 8.30. The number of hydrogen-bond acceptors (Lipinski definition) is 14. The summed E-state index contributed by atoms with van der Waals surface area (Å²) >= 11 is 0. The van der Waals surface area contributed by atoms with Crippen LogP contribution >= 0.6 is 0 Å². The van der Waals surface area contributed by atoms with Crippen molar-refractivity contribution in [3.05, 3.63) is 52.8 Å². The zero-order valence-corrected chi connectivity index (χ0v) is 39.6. The number of phenolic OH excluding ortho intramolecular Hbond substituents is 3. The second-order valence-corrected chi connectivity index (χ2v) is 18.4. The van der Waals surface area contributed by atoms with Crippen molar-refractivity contribution < 1.29 is 58.9 Å². The van der Waals surface area contributed by atoms with Crippen LogP contribution in [0.15, 0.2) is 41.2 Å². The van der Waals surface area contributed by atoms with E-state index in [1.807, 2.05) is 5.01 Å². The lowest BCUT2D eigenvalue weighted by atomic mass is 9.78. The maximum absolute atomic E-state index is 14.6. The first-order valence-corrected chi connectivity index (χ1v) is 23.2. The number of aliphatic hydroxyl groups excluding tert-OH is 2. The van der Waals surface area contributed by atoms with Gasteiger partial charge >= 0.3 is 11.8 Å². The van der Waals surface area contributed by atoms with Crippen LogP contribution in [0.5, 0.6) is 23.0 Å². The van der Waals surface area contributed by atoms with Crippen LogP contribution in [-0.4, -0.2) is 105 Å². The van der Waals surface area contributed by atoms with Crippen molar-refractivity contribution in [3.8, 4) is 23.0 Å². The number of phenols is 3. The molecular formula is C50H71N3O12. The Kier molecular flexibility index (Phi) is 17.5. The number of allylic oxidation sites excluding steroid dienone is 2. The lowest BCUT2D eigenvalue weighted by Gasteiger charge is -2.38. The Labute approximate surface area is 383 Å². The highest BCUT2D eigenvalue weighted by Gasteiger charge is 2.50. The Morgan fingerprint density at radius 2 is 1.45 bits per heavy atom. The summed E-state index contributed by atoms with van der Waals surface area (Å²) in [5.74, 6) is -8.24. The van der Waals surface area contributed by atoms with Crippen molar-refractivity contribution in [2.45, 2.75) is 150 Å². The van der Waals surface area contributed by atoms with E-state index < -0.39 is 88.8 Å². The molecule has 1 amide bonds. The van der Waals surface area contributed by atoms with Gasteiger partial charge in [-0.1, -0.05) is 97.3 Å². The van der Waals surface area contributed by atoms with Gasteiger partial charge < -0.3 is 49.8 Å². The predicted molar refractivity (Wildman–Crippen MR) is 249 cm³/mol. The number of carbonyl (C=O) groups excluding carboxylic acids is 3. The van der Waals surface area contributed by atoms with Crippen LogP contribution in [-0.2, 0) is 23.8 Å². The van der Waals surface area contributed by atoms with Gasteiger partial charge in [-0.05, 0) is 32.8 Å². The molecule has 0 aromatic heterocycles. The number of benzene rings is 2. The molecule has 4 aliphatic heterocycles. The fourth-order valence-electron chi connectivity index (χ4n) is 9.24. The molecule has 1 saturated heterocycles. The number of aliphatic hydroxyl groups is 2. The SMILES string of the molecule is CO[C@H]1/C=C/O[C@@]2(C)Oc3c(C)c(O)c4c(O)c(c(/C=N\N5CCCCCCCCCCCC5)c(O)c4c3C2=O)NC(=O)/C(C)=C\C=C\[C@H](C)[C@H](O)[C@@H](C)[C@@H](O)[C@@H](C)[C@H](OC(C)=O)[C@@H]1C. The van der Waals surface area contributed by atoms with Crippen LogP contribution in [0.1, 0.15) is 134 Å². The Balaban J connectivity index is 1.69. The third-order valence-corrected chi connectivity index (χ3v) is 13.5. The topological polar surface area (TPSA) is 217 Å². The normalized spacial score (nSPS) is 31.2. The van der Waals surface area contributed by atoms with Crippen LogP contribution in [0.3, 0.4) is 0 Å². The van der Waals surface area contributed by atoms with Crippen LogP contribution in [0.4, 0.5) is 5.69 Å². The average molecular weight is 906 g/mol. The number of ketones is 1. The number of aromatic hydroxyl groups is 3. The van der Waals surface area contributed by atoms with Crippen LogP contribution in [0, 0.1) is 30.6 Å². The van der Waals surface area contributed by atoms with Crippen LogP contribution in [0.2, 0.25) is 0 Å². The molecule has 0 radical (unpaired) electrons. The summed E-state index contributed by atoms with van der Waals surface area (Å²) in [5, 5.41) is 68.1. The molecule has 5 bridgehead atoms. The Morgan fingerprint density at radius 1 is 0.846 bits per heavy atom. The Hall–Kier alpha value is -5.12. The van der Waals surface area contributed by atoms with Gasteiger partial charge in [-0.2, -0.15) is 5.10 Å². The van der Waals surface area contributed by atoms with Gasteiger partial charge in [-0.3, -0.25) is 19.4 Å². The first-order chi connectivity index (χ1) is 30.8. The van der Waals surface area contributed by atoms with Crippen molar-refractivity contribution in [2.24, 2.45) is 28.8 Å². The summed E-state index contributed by atoms with van der Waals surface area (Å²) in [6, 6.07) is 0. The molecule has 6 rings (SSSR count). The summed E-state index contributed by atoms with van der Waals surface area (Å²) in [6.07, 6.45) is 16.0. The van der Waals surface area contributed by atoms with Gasteiger partial charge in [0, 0.05) is 74.2 Å². The molecule has 358 valence electrons. The van der Waals surface area contributed by atoms with Gasteiger partial charge in [-0.25, -0.2) is 0 Å². The molecule has 0 aliphatic carbocycles. The maximum atomic E-state index is 14.6. The molecule has 4 aliphatic rings. The number of Topliss-reactive ketones (excluding diaryl/α,β-unsaturated/α-hetero) is 1. The van der Waals surface area contributed by atoms with Crippen molar-refractivity contribution in [1.29, 1.82) is 0 Å². The van der Waals surface area contributed by atoms with Crippen molar-refractivity contribution in [1.82, 2.24) is 5.01 Å². The molecule has 0 spiro atoms. The number of rotatable bonds is 4. The number of nitrogens with zero attached hydrogens (tertiary/aromatic N) is 2. The number of hydrazone groups is 1. The fraction of sp³-hybridized carbons (Fsp3) is 0.600. The second-order valence-electron chi connectivity index (χ2n) is 18.4. The minimum atomic E-state index is -2.04. The smallest absolute Gasteiger partial charge is 0.312 e. The molecule has 6 N–H and O–H groups in total. The summed E-state index contributed by atoms with van der Waals surface area (Å²) in [4.78, 5) is 41.0. The van der Waals surface area contributed by atoms with Gasteiger partial charge in [0.2, 0.25) is 0 Å². The van der Waals surface area contributed by atoms with Crippen molar-refractivity contribution >= 4 is 40.3 Å². The first kappa shape index (κ1) is 50.9. The van der Waals surface area contributed by atoms with E-state index in [9.17, 15) is 39.9 Å². The minimum absolute atomic E-state index is 0.0677. The summed E-state index contributed by atoms with van der Waals surface area (Å²) < 4.78 is 23.8. The molecular weight excluding hydrogens is 835 g/mol. The molecule has 0 unspecified atom stereocenters. The van der Waals surface area contributed by atoms with Gasteiger partial charge in [0.05, 0.1) is 53.0 Å². The van der Waals surface area contributed by atoms with E-state index in [0.717, 1.165) is 38.5 Å². The van der Waals surface area contributed by atoms with Gasteiger partial charge in [-0.15, -0.1) is 0 Å². The van der Waals surface area contributed by atoms with Crippen LogP contribution < -0.4 is 10.1 Å². The van der Waals surface area contributed by atoms with E-state index >= 15 is 0 Å². The number of methoxy groups -OCH3 is 1. The third-order valence-electron chi connectivity index (χ3n) is 13.5. The lowest BCUT2D eigenvalue weighted by Crippen LogP contribution is -2.46. The van der Waals surface area contributed by atoms with Gasteiger partial charge in [0.15, 0.2) is 5.75 Å². The second kappa shape index (κ2) is 22.4. The number of amides is 1. The zero-order valence-electron chi connectivity index (χ0n) is 39.6. The van der Waals surface area contributed by atoms with E-state index in [0.29, 0.717) is 13.1 Å². The number of ether oxygens (including phenoxy) is 4. The Morgan fingerprint density at radius 3 is 2.03 bits per heavy atom. The minimum Gasteiger partial charge on any atom is -0.507 e. The van der Waals surface area contributed by atoms with E-state index in [4.69, 9.17) is 24.0 Å². The number of nitrogens with one attached hydrogen (secondary N) is 1.